The second-order valence-electron chi connectivity index (χ2n) is 14.7. The average Bonchev–Trinajstić information content (AvgIpc) is 3.31. The Kier molecular flexibility index (Phi) is 9.38. The summed E-state index contributed by atoms with van der Waals surface area (Å²) in [5.41, 5.74) is -0.349. The van der Waals surface area contributed by atoms with Crippen molar-refractivity contribution in [3.8, 4) is 5.75 Å². The number of nitrogens with one attached hydrogen (secondary N) is 1. The third-order valence-electron chi connectivity index (χ3n) is 12.6. The van der Waals surface area contributed by atoms with Crippen LogP contribution in [0.5, 0.6) is 5.75 Å². The molecule has 5 rings (SSSR count). The van der Waals surface area contributed by atoms with Gasteiger partial charge < -0.3 is 14.9 Å². The molecule has 12 atom stereocenters. The molecule has 0 bridgehead atoms. The molecule has 0 aromatic heterocycles. The van der Waals surface area contributed by atoms with Gasteiger partial charge in [0.05, 0.1) is 17.1 Å². The Morgan fingerprint density at radius 2 is 1.67 bits per heavy atom. The van der Waals surface area contributed by atoms with Crippen LogP contribution < -0.4 is 9.46 Å². The highest BCUT2D eigenvalue weighted by Crippen LogP contribution is 2.69. The standard InChI is InChI=1S/C33H47F4NO6S/c1-5-21-28-29(34)25(39)15-17-32(28,4)24-14-16-31(3)22(11-12-23(31)27(24)30(21)41)18(2)6-13-26(40)38-45(42,43)20-9-7-19(8-10-20)44-33(35,36)37/h7-10,18,21-25,27-30,39,41H,5-6,11-17H2,1-4H3,(H,38,40)/t18-,21-,22-,23+,24+,25-,27+,28-,29+,30-,31-,32-/m1/s1. The van der Waals surface area contributed by atoms with Crippen LogP contribution in [0.15, 0.2) is 29.2 Å². The van der Waals surface area contributed by atoms with Gasteiger partial charge in [-0.1, -0.05) is 34.1 Å². The summed E-state index contributed by atoms with van der Waals surface area (Å²) in [6, 6.07) is 3.65. The van der Waals surface area contributed by atoms with Gasteiger partial charge in [0.1, 0.15) is 11.9 Å². The van der Waals surface area contributed by atoms with Crippen molar-refractivity contribution >= 4 is 15.9 Å². The summed E-state index contributed by atoms with van der Waals surface area (Å²) >= 11 is 0. The fourth-order valence-corrected chi connectivity index (χ4v) is 11.6. The Morgan fingerprint density at radius 3 is 2.29 bits per heavy atom. The van der Waals surface area contributed by atoms with E-state index in [0.717, 1.165) is 56.4 Å². The zero-order chi connectivity index (χ0) is 33.1. The molecule has 0 spiro atoms. The van der Waals surface area contributed by atoms with E-state index < -0.39 is 46.4 Å². The fraction of sp³-hybridized carbons (Fsp3) is 0.788. The highest BCUT2D eigenvalue weighted by molar-refractivity contribution is 7.90. The quantitative estimate of drug-likeness (QED) is 0.279. The van der Waals surface area contributed by atoms with E-state index in [9.17, 15) is 36.6 Å². The molecule has 12 heteroatoms. The van der Waals surface area contributed by atoms with Gasteiger partial charge in [0, 0.05) is 12.3 Å². The van der Waals surface area contributed by atoms with Crippen molar-refractivity contribution in [1.29, 1.82) is 0 Å². The lowest BCUT2D eigenvalue weighted by atomic mass is 9.41. The number of hydrogen-bond acceptors (Lipinski definition) is 6. The molecule has 0 saturated heterocycles. The number of aliphatic hydroxyl groups is 2. The largest absolute Gasteiger partial charge is 0.573 e. The Hall–Kier alpha value is -1.92. The maximum Gasteiger partial charge on any atom is 0.573 e. The maximum atomic E-state index is 15.6. The number of halogens is 4. The minimum Gasteiger partial charge on any atom is -0.406 e. The SMILES string of the molecule is CC[C@H]1[C@@H](O)[C@@H]2[C@H](CC[C@]3(C)[C@@H]([C@H](C)CCC(=O)NS(=O)(=O)c4ccc(OC(F)(F)F)cc4)CC[C@@H]23)[C@@]2(C)CC[C@@H](O)[C@H](F)[C@@H]12. The second-order valence-corrected chi connectivity index (χ2v) is 16.4. The third-order valence-corrected chi connectivity index (χ3v) is 14.0. The normalized spacial score (nSPS) is 40.5. The monoisotopic (exact) mass is 661 g/mol. The first kappa shape index (κ1) is 34.4. The number of aliphatic hydroxyl groups excluding tert-OH is 2. The Balaban J connectivity index is 1.23. The van der Waals surface area contributed by atoms with Crippen LogP contribution in [0.25, 0.3) is 0 Å². The van der Waals surface area contributed by atoms with E-state index >= 15 is 4.39 Å². The second kappa shape index (κ2) is 12.3. The molecule has 0 radical (unpaired) electrons. The highest BCUT2D eigenvalue weighted by Gasteiger charge is 2.66. The molecule has 4 saturated carbocycles. The van der Waals surface area contributed by atoms with Crippen molar-refractivity contribution in [3.63, 3.8) is 0 Å². The summed E-state index contributed by atoms with van der Waals surface area (Å²) in [7, 11) is -4.27. The Labute approximate surface area is 263 Å². The summed E-state index contributed by atoms with van der Waals surface area (Å²) in [5, 5.41) is 22.2. The number of carbonyl (C=O) groups is 1. The zero-order valence-electron chi connectivity index (χ0n) is 26.4. The lowest BCUT2D eigenvalue weighted by molar-refractivity contribution is -0.274. The first-order valence-electron chi connectivity index (χ1n) is 16.3. The van der Waals surface area contributed by atoms with E-state index in [1.165, 1.54) is 0 Å². The van der Waals surface area contributed by atoms with E-state index in [2.05, 4.69) is 25.5 Å². The molecule has 1 amide bonds. The van der Waals surface area contributed by atoms with E-state index in [0.29, 0.717) is 19.3 Å². The number of alkyl halides is 4. The van der Waals surface area contributed by atoms with Crippen LogP contribution >= 0.6 is 0 Å². The summed E-state index contributed by atoms with van der Waals surface area (Å²) < 4.78 is 84.0. The summed E-state index contributed by atoms with van der Waals surface area (Å²) in [4.78, 5) is 12.4. The number of amides is 1. The lowest BCUT2D eigenvalue weighted by Crippen LogP contribution is -2.65. The molecule has 4 aliphatic rings. The molecule has 1 aromatic rings. The van der Waals surface area contributed by atoms with Crippen LogP contribution in [0.3, 0.4) is 0 Å². The average molecular weight is 662 g/mol. The molecule has 4 fully saturated rings. The van der Waals surface area contributed by atoms with Gasteiger partial charge in [0.15, 0.2) is 0 Å². The minimum atomic E-state index is -4.91. The summed E-state index contributed by atoms with van der Waals surface area (Å²) in [5.74, 6) is -0.948. The molecule has 3 N–H and O–H groups in total. The molecule has 7 nitrogen and oxygen atoms in total. The van der Waals surface area contributed by atoms with E-state index in [4.69, 9.17) is 0 Å². The van der Waals surface area contributed by atoms with Crippen LogP contribution in [-0.4, -0.2) is 49.3 Å². The summed E-state index contributed by atoms with van der Waals surface area (Å²) in [6.45, 7) is 8.58. The molecular weight excluding hydrogens is 614 g/mol. The highest BCUT2D eigenvalue weighted by atomic mass is 32.2. The van der Waals surface area contributed by atoms with Crippen LogP contribution in [0.4, 0.5) is 17.6 Å². The van der Waals surface area contributed by atoms with Gasteiger partial charge in [-0.3, -0.25) is 4.79 Å². The number of rotatable bonds is 8. The Bertz CT molecular complexity index is 1340. The first-order chi connectivity index (χ1) is 20.9. The molecule has 1 aromatic carbocycles. The van der Waals surface area contributed by atoms with Crippen molar-refractivity contribution in [2.45, 2.75) is 115 Å². The van der Waals surface area contributed by atoms with E-state index in [1.54, 1.807) is 0 Å². The first-order valence-corrected chi connectivity index (χ1v) is 17.8. The van der Waals surface area contributed by atoms with Gasteiger partial charge in [-0.05, 0) is 116 Å². The molecule has 254 valence electrons. The molecule has 0 heterocycles. The van der Waals surface area contributed by atoms with Crippen molar-refractivity contribution < 1.29 is 45.7 Å². The molecule has 0 aliphatic heterocycles. The van der Waals surface area contributed by atoms with Crippen molar-refractivity contribution in [1.82, 2.24) is 4.72 Å². The number of hydrogen-bond donors (Lipinski definition) is 3. The zero-order valence-corrected chi connectivity index (χ0v) is 27.2. The number of benzene rings is 1. The van der Waals surface area contributed by atoms with Gasteiger partial charge in [0.2, 0.25) is 5.91 Å². The number of ether oxygens (including phenoxy) is 1. The van der Waals surface area contributed by atoms with Crippen LogP contribution in [0, 0.1) is 52.3 Å². The number of sulfonamides is 1. The topological polar surface area (TPSA) is 113 Å². The van der Waals surface area contributed by atoms with Gasteiger partial charge in [-0.15, -0.1) is 13.2 Å². The maximum absolute atomic E-state index is 15.6. The van der Waals surface area contributed by atoms with Crippen molar-refractivity contribution in [2.24, 2.45) is 52.3 Å². The minimum absolute atomic E-state index is 0.0283. The molecular formula is C33H47F4NO6S. The Morgan fingerprint density at radius 1 is 1.04 bits per heavy atom. The molecule has 0 unspecified atom stereocenters. The van der Waals surface area contributed by atoms with E-state index in [-0.39, 0.29) is 63.6 Å². The number of fused-ring (bicyclic) bond motifs is 5. The third kappa shape index (κ3) is 6.24. The van der Waals surface area contributed by atoms with Crippen LogP contribution in [0.2, 0.25) is 0 Å². The predicted molar refractivity (Wildman–Crippen MR) is 159 cm³/mol. The van der Waals surface area contributed by atoms with Gasteiger partial charge in [0.25, 0.3) is 10.0 Å². The van der Waals surface area contributed by atoms with E-state index in [1.807, 2.05) is 11.6 Å². The smallest absolute Gasteiger partial charge is 0.406 e. The van der Waals surface area contributed by atoms with Crippen LogP contribution in [0.1, 0.15) is 85.5 Å². The number of carbonyl (C=O) groups excluding carboxylic acids is 1. The molecule has 4 aliphatic carbocycles. The van der Waals surface area contributed by atoms with Crippen LogP contribution in [-0.2, 0) is 14.8 Å². The fourth-order valence-electron chi connectivity index (χ4n) is 10.6. The van der Waals surface area contributed by atoms with Gasteiger partial charge in [-0.2, -0.15) is 0 Å². The predicted octanol–water partition coefficient (Wildman–Crippen LogP) is 6.38. The lowest BCUT2D eigenvalue weighted by Gasteiger charge is -2.65. The summed E-state index contributed by atoms with van der Waals surface area (Å²) in [6.07, 6.45) is -1.85. The molecule has 45 heavy (non-hydrogen) atoms. The van der Waals surface area contributed by atoms with Gasteiger partial charge >= 0.3 is 6.36 Å². The van der Waals surface area contributed by atoms with Crippen molar-refractivity contribution in [3.05, 3.63) is 24.3 Å². The van der Waals surface area contributed by atoms with Crippen molar-refractivity contribution in [2.75, 3.05) is 0 Å². The van der Waals surface area contributed by atoms with Gasteiger partial charge in [-0.25, -0.2) is 17.5 Å².